The summed E-state index contributed by atoms with van der Waals surface area (Å²) in [6, 6.07) is 0. The Bertz CT molecular complexity index is 245. The minimum absolute atomic E-state index is 0. The summed E-state index contributed by atoms with van der Waals surface area (Å²) in [5.41, 5.74) is 6.64. The standard InChI is InChI=1S/C12H21NO5.K/c1-2-4-15-6-8-17-10-11-18-9-7-16-5-3-12(13)14;/h1H,3-11H2,(H2,13,14);/q;+1/p-1. The van der Waals surface area contributed by atoms with Gasteiger partial charge in [0.25, 0.3) is 0 Å². The second kappa shape index (κ2) is 18.5. The molecular formula is C12H20KNO5. The van der Waals surface area contributed by atoms with E-state index in [-0.39, 0.29) is 64.4 Å². The fourth-order valence-electron chi connectivity index (χ4n) is 0.956. The van der Waals surface area contributed by atoms with Crippen molar-refractivity contribution in [3.63, 3.8) is 0 Å². The smallest absolute Gasteiger partial charge is 0.668 e. The predicted molar refractivity (Wildman–Crippen MR) is 66.1 cm³/mol. The van der Waals surface area contributed by atoms with Crippen LogP contribution in [0, 0.1) is 12.3 Å². The molecule has 0 heterocycles. The average molecular weight is 297 g/mol. The van der Waals surface area contributed by atoms with Gasteiger partial charge in [-0.05, 0) is 0 Å². The molecular weight excluding hydrogens is 277 g/mol. The summed E-state index contributed by atoms with van der Waals surface area (Å²) in [6.07, 6.45) is 5.12. The third kappa shape index (κ3) is 21.0. The normalized spacial score (nSPS) is 9.63. The number of nitrogens with one attached hydrogen (secondary N) is 1. The molecule has 1 N–H and O–H groups in total. The molecule has 0 aromatic carbocycles. The molecule has 6 nitrogen and oxygen atoms in total. The Morgan fingerprint density at radius 3 is 1.74 bits per heavy atom. The van der Waals surface area contributed by atoms with Gasteiger partial charge in [-0.1, -0.05) is 5.92 Å². The molecule has 0 radical (unpaired) electrons. The predicted octanol–water partition coefficient (Wildman–Crippen LogP) is -2.34. The molecule has 0 aromatic rings. The van der Waals surface area contributed by atoms with Crippen LogP contribution in [0.1, 0.15) is 6.42 Å². The first-order valence-corrected chi connectivity index (χ1v) is 5.76. The minimum atomic E-state index is -0.614. The molecule has 7 heteroatoms. The Labute approximate surface area is 157 Å². The molecule has 0 saturated carbocycles. The Morgan fingerprint density at radius 2 is 1.32 bits per heavy atom. The van der Waals surface area contributed by atoms with E-state index in [2.05, 4.69) is 5.92 Å². The monoisotopic (exact) mass is 297 g/mol. The summed E-state index contributed by atoms with van der Waals surface area (Å²) in [7, 11) is 0. The van der Waals surface area contributed by atoms with E-state index < -0.39 is 5.91 Å². The number of rotatable bonds is 13. The van der Waals surface area contributed by atoms with Crippen LogP contribution in [0.2, 0.25) is 0 Å². The van der Waals surface area contributed by atoms with Gasteiger partial charge in [0.15, 0.2) is 0 Å². The second-order valence-corrected chi connectivity index (χ2v) is 3.27. The van der Waals surface area contributed by atoms with Crippen LogP contribution in [0.5, 0.6) is 0 Å². The maximum absolute atomic E-state index is 10.3. The van der Waals surface area contributed by atoms with Gasteiger partial charge in [0.05, 0.1) is 52.2 Å². The minimum Gasteiger partial charge on any atom is -0.668 e. The third-order valence-electron chi connectivity index (χ3n) is 1.77. The van der Waals surface area contributed by atoms with E-state index in [0.29, 0.717) is 46.2 Å². The van der Waals surface area contributed by atoms with Crippen molar-refractivity contribution < 1.29 is 75.1 Å². The van der Waals surface area contributed by atoms with Crippen LogP contribution in [0.15, 0.2) is 0 Å². The summed E-state index contributed by atoms with van der Waals surface area (Å²) in [6.45, 7) is 3.39. The van der Waals surface area contributed by atoms with E-state index in [1.54, 1.807) is 0 Å². The fraction of sp³-hybridized carbons (Fsp3) is 0.750. The van der Waals surface area contributed by atoms with Crippen molar-refractivity contribution in [2.75, 3.05) is 52.9 Å². The molecule has 0 unspecified atom stereocenters. The van der Waals surface area contributed by atoms with Crippen molar-refractivity contribution in [1.29, 1.82) is 0 Å². The SMILES string of the molecule is C#CCOCCOCCOCCOCCC([NH-])=O.[K+]. The van der Waals surface area contributed by atoms with Gasteiger partial charge >= 0.3 is 51.4 Å². The zero-order valence-electron chi connectivity index (χ0n) is 11.5. The second-order valence-electron chi connectivity index (χ2n) is 3.27. The number of hydrogen-bond acceptors (Lipinski definition) is 5. The maximum atomic E-state index is 10.3. The molecule has 0 aliphatic carbocycles. The summed E-state index contributed by atoms with van der Waals surface area (Å²) in [5, 5.41) is 0. The number of amides is 1. The number of carbonyl (C=O) groups is 1. The van der Waals surface area contributed by atoms with E-state index in [0.717, 1.165) is 0 Å². The molecule has 0 aliphatic heterocycles. The summed E-state index contributed by atoms with van der Waals surface area (Å²) in [4.78, 5) is 10.3. The number of terminal acetylenes is 1. The first-order chi connectivity index (χ1) is 8.77. The van der Waals surface area contributed by atoms with Gasteiger partial charge < -0.3 is 29.5 Å². The molecule has 0 fully saturated rings. The Balaban J connectivity index is 0. The van der Waals surface area contributed by atoms with Crippen LogP contribution in [0.3, 0.4) is 0 Å². The number of hydrogen-bond donors (Lipinski definition) is 0. The van der Waals surface area contributed by atoms with Crippen LogP contribution < -0.4 is 51.4 Å². The molecule has 0 spiro atoms. The van der Waals surface area contributed by atoms with E-state index in [1.807, 2.05) is 0 Å². The number of ether oxygens (including phenoxy) is 4. The molecule has 0 aromatic heterocycles. The van der Waals surface area contributed by atoms with Crippen LogP contribution in [0.4, 0.5) is 0 Å². The van der Waals surface area contributed by atoms with Crippen molar-refractivity contribution in [3.05, 3.63) is 5.73 Å². The van der Waals surface area contributed by atoms with Gasteiger partial charge in [0.1, 0.15) is 6.61 Å². The van der Waals surface area contributed by atoms with E-state index in [9.17, 15) is 4.79 Å². The molecule has 0 saturated heterocycles. The van der Waals surface area contributed by atoms with Crippen molar-refractivity contribution >= 4 is 5.91 Å². The van der Waals surface area contributed by atoms with Gasteiger partial charge in [0, 0.05) is 6.42 Å². The van der Waals surface area contributed by atoms with Crippen molar-refractivity contribution in [1.82, 2.24) is 0 Å². The molecule has 0 aliphatic rings. The van der Waals surface area contributed by atoms with Crippen molar-refractivity contribution in [3.8, 4) is 12.3 Å². The van der Waals surface area contributed by atoms with E-state index in [4.69, 9.17) is 31.1 Å². The Morgan fingerprint density at radius 1 is 0.895 bits per heavy atom. The zero-order chi connectivity index (χ0) is 13.5. The van der Waals surface area contributed by atoms with Crippen molar-refractivity contribution in [2.24, 2.45) is 0 Å². The first-order valence-electron chi connectivity index (χ1n) is 5.76. The van der Waals surface area contributed by atoms with Crippen LogP contribution in [0.25, 0.3) is 5.73 Å². The topological polar surface area (TPSA) is 77.8 Å². The molecule has 19 heavy (non-hydrogen) atoms. The van der Waals surface area contributed by atoms with E-state index >= 15 is 0 Å². The summed E-state index contributed by atoms with van der Waals surface area (Å²) >= 11 is 0. The van der Waals surface area contributed by atoms with E-state index in [1.165, 1.54) is 0 Å². The maximum Gasteiger partial charge on any atom is 1.00 e. The zero-order valence-corrected chi connectivity index (χ0v) is 14.6. The molecule has 0 atom stereocenters. The summed E-state index contributed by atoms with van der Waals surface area (Å²) in [5.74, 6) is 1.75. The fourth-order valence-corrected chi connectivity index (χ4v) is 0.956. The van der Waals surface area contributed by atoms with Crippen LogP contribution in [-0.2, 0) is 23.7 Å². The molecule has 1 amide bonds. The Kier molecular flexibility index (Phi) is 21.2. The average Bonchev–Trinajstić information content (AvgIpc) is 2.34. The van der Waals surface area contributed by atoms with Crippen LogP contribution in [-0.4, -0.2) is 58.8 Å². The Hall–Kier alpha value is 0.506. The van der Waals surface area contributed by atoms with Crippen LogP contribution >= 0.6 is 0 Å². The van der Waals surface area contributed by atoms with Gasteiger partial charge in [-0.2, -0.15) is 0 Å². The quantitative estimate of drug-likeness (QED) is 0.216. The number of carbonyl (C=O) groups excluding carboxylic acids is 1. The molecule has 0 rings (SSSR count). The summed E-state index contributed by atoms with van der Waals surface area (Å²) < 4.78 is 20.5. The van der Waals surface area contributed by atoms with Gasteiger partial charge in [-0.25, -0.2) is 0 Å². The van der Waals surface area contributed by atoms with Gasteiger partial charge in [-0.15, -0.1) is 6.42 Å². The molecule has 0 bridgehead atoms. The third-order valence-corrected chi connectivity index (χ3v) is 1.77. The van der Waals surface area contributed by atoms with Gasteiger partial charge in [-0.3, -0.25) is 0 Å². The van der Waals surface area contributed by atoms with Crippen molar-refractivity contribution in [2.45, 2.75) is 6.42 Å². The first kappa shape index (κ1) is 21.8. The molecule has 104 valence electrons. The largest absolute Gasteiger partial charge is 1.00 e. The van der Waals surface area contributed by atoms with Gasteiger partial charge in [0.2, 0.25) is 0 Å².